The molecule has 132 valence electrons. The van der Waals surface area contributed by atoms with Gasteiger partial charge in [-0.05, 0) is 12.3 Å². The van der Waals surface area contributed by atoms with Gasteiger partial charge in [-0.15, -0.1) is 0 Å². The van der Waals surface area contributed by atoms with Gasteiger partial charge in [0.25, 0.3) is 0 Å². The van der Waals surface area contributed by atoms with Crippen LogP contribution in [0.1, 0.15) is 40.0 Å². The molecular formula is C15H28N4O4. The summed E-state index contributed by atoms with van der Waals surface area (Å²) in [4.78, 5) is 27.1. The molecule has 0 heterocycles. The number of rotatable bonds is 7. The number of carbonyl (C=O) groups is 2. The number of guanidine groups is 1. The second-order valence-corrected chi connectivity index (χ2v) is 6.17. The molecule has 1 fully saturated rings. The van der Waals surface area contributed by atoms with Crippen LogP contribution in [0.25, 0.3) is 0 Å². The number of carboxylic acid groups (broad SMARTS) is 1. The molecule has 23 heavy (non-hydrogen) atoms. The highest BCUT2D eigenvalue weighted by Gasteiger charge is 2.50. The van der Waals surface area contributed by atoms with E-state index < -0.39 is 30.0 Å². The Hall–Kier alpha value is -1.83. The molecule has 1 aliphatic rings. The number of aliphatic hydroxyl groups excluding tert-OH is 1. The number of aliphatic carboxylic acids is 1. The second kappa shape index (κ2) is 8.14. The van der Waals surface area contributed by atoms with Gasteiger partial charge in [0, 0.05) is 18.9 Å². The third kappa shape index (κ3) is 4.57. The van der Waals surface area contributed by atoms with Gasteiger partial charge in [-0.2, -0.15) is 0 Å². The molecule has 0 aromatic rings. The van der Waals surface area contributed by atoms with Gasteiger partial charge in [0.05, 0.1) is 18.1 Å². The van der Waals surface area contributed by atoms with Gasteiger partial charge in [-0.1, -0.05) is 26.7 Å². The van der Waals surface area contributed by atoms with Crippen molar-refractivity contribution in [2.45, 2.75) is 58.2 Å². The van der Waals surface area contributed by atoms with Gasteiger partial charge < -0.3 is 27.0 Å². The predicted octanol–water partition coefficient (Wildman–Crippen LogP) is -0.349. The molecule has 1 aliphatic carbocycles. The minimum atomic E-state index is -1.11. The largest absolute Gasteiger partial charge is 0.481 e. The number of aliphatic imine (C=N–C) groups is 1. The van der Waals surface area contributed by atoms with E-state index in [2.05, 4.69) is 10.3 Å². The number of nitrogens with zero attached hydrogens (tertiary/aromatic N) is 1. The molecule has 1 saturated carbocycles. The van der Waals surface area contributed by atoms with Crippen LogP contribution in [0.5, 0.6) is 0 Å². The summed E-state index contributed by atoms with van der Waals surface area (Å²) in [5, 5.41) is 22.7. The van der Waals surface area contributed by atoms with Crippen molar-refractivity contribution in [3.63, 3.8) is 0 Å². The van der Waals surface area contributed by atoms with Gasteiger partial charge in [0.15, 0.2) is 5.96 Å². The highest BCUT2D eigenvalue weighted by Crippen LogP contribution is 2.39. The monoisotopic (exact) mass is 328 g/mol. The lowest BCUT2D eigenvalue weighted by molar-refractivity contribution is -0.145. The molecule has 0 aromatic carbocycles. The number of amides is 1. The van der Waals surface area contributed by atoms with E-state index in [9.17, 15) is 19.8 Å². The van der Waals surface area contributed by atoms with Crippen LogP contribution in [-0.4, -0.2) is 46.2 Å². The minimum absolute atomic E-state index is 0.0998. The Morgan fingerprint density at radius 2 is 1.87 bits per heavy atom. The summed E-state index contributed by atoms with van der Waals surface area (Å²) in [5.74, 6) is -2.84. The summed E-state index contributed by atoms with van der Waals surface area (Å²) in [5.41, 5.74) is 10.9. The molecule has 0 aromatic heterocycles. The van der Waals surface area contributed by atoms with E-state index in [0.717, 1.165) is 12.8 Å². The standard InChI is InChI=1S/C15H28N4O4/c1-4-8(5-2)12(18-7(3)20)11-10(19-15(16)17)6-9(13(11)21)14(22)23/h8-13,21H,4-6H2,1-3H3,(H,18,20)(H,22,23)(H4,16,17,19)/t9-,10+,11-,12+,13-/m1/s1. The number of aliphatic hydroxyl groups is 1. The van der Waals surface area contributed by atoms with Crippen LogP contribution in [0.2, 0.25) is 0 Å². The van der Waals surface area contributed by atoms with Gasteiger partial charge in [0.2, 0.25) is 5.91 Å². The summed E-state index contributed by atoms with van der Waals surface area (Å²) in [6.45, 7) is 5.39. The first-order valence-corrected chi connectivity index (χ1v) is 7.99. The summed E-state index contributed by atoms with van der Waals surface area (Å²) >= 11 is 0. The lowest BCUT2D eigenvalue weighted by Gasteiger charge is -2.35. The van der Waals surface area contributed by atoms with Crippen molar-refractivity contribution in [1.82, 2.24) is 5.32 Å². The fourth-order valence-corrected chi connectivity index (χ4v) is 3.64. The molecule has 0 aliphatic heterocycles. The Bertz CT molecular complexity index is 460. The molecule has 0 radical (unpaired) electrons. The van der Waals surface area contributed by atoms with E-state index in [1.54, 1.807) is 0 Å². The summed E-state index contributed by atoms with van der Waals surface area (Å²) in [6.07, 6.45) is 0.612. The Kier molecular flexibility index (Phi) is 6.80. The summed E-state index contributed by atoms with van der Waals surface area (Å²) < 4.78 is 0. The molecule has 1 rings (SSSR count). The maximum absolute atomic E-state index is 11.6. The van der Waals surface area contributed by atoms with Gasteiger partial charge in [0.1, 0.15) is 0 Å². The van der Waals surface area contributed by atoms with Crippen molar-refractivity contribution in [2.24, 2.45) is 34.2 Å². The van der Waals surface area contributed by atoms with E-state index in [1.807, 2.05) is 13.8 Å². The first-order valence-electron chi connectivity index (χ1n) is 7.99. The molecule has 8 nitrogen and oxygen atoms in total. The number of hydrogen-bond acceptors (Lipinski definition) is 4. The lowest BCUT2D eigenvalue weighted by Crippen LogP contribution is -2.51. The van der Waals surface area contributed by atoms with E-state index in [0.29, 0.717) is 0 Å². The van der Waals surface area contributed by atoms with Crippen LogP contribution in [0.4, 0.5) is 0 Å². The molecule has 0 spiro atoms. The first kappa shape index (κ1) is 19.2. The predicted molar refractivity (Wildman–Crippen MR) is 86.5 cm³/mol. The average molecular weight is 328 g/mol. The zero-order chi connectivity index (χ0) is 17.7. The zero-order valence-corrected chi connectivity index (χ0v) is 13.9. The Morgan fingerprint density at radius 3 is 2.26 bits per heavy atom. The summed E-state index contributed by atoms with van der Waals surface area (Å²) in [6, 6.07) is -0.913. The number of hydrogen-bond donors (Lipinski definition) is 5. The highest BCUT2D eigenvalue weighted by molar-refractivity contribution is 5.76. The fraction of sp³-hybridized carbons (Fsp3) is 0.800. The van der Waals surface area contributed by atoms with Gasteiger partial charge >= 0.3 is 5.97 Å². The lowest BCUT2D eigenvalue weighted by atomic mass is 9.80. The van der Waals surface area contributed by atoms with Gasteiger partial charge in [-0.3, -0.25) is 9.59 Å². The maximum Gasteiger partial charge on any atom is 0.309 e. The van der Waals surface area contributed by atoms with E-state index in [4.69, 9.17) is 11.5 Å². The number of carbonyl (C=O) groups excluding carboxylic acids is 1. The third-order valence-corrected chi connectivity index (χ3v) is 4.72. The van der Waals surface area contributed by atoms with Crippen molar-refractivity contribution in [1.29, 1.82) is 0 Å². The third-order valence-electron chi connectivity index (χ3n) is 4.72. The Labute approximate surface area is 136 Å². The van der Waals surface area contributed by atoms with Crippen LogP contribution in [0.15, 0.2) is 4.99 Å². The van der Waals surface area contributed by atoms with Crippen LogP contribution in [0, 0.1) is 17.8 Å². The topological polar surface area (TPSA) is 151 Å². The molecule has 0 bridgehead atoms. The molecular weight excluding hydrogens is 300 g/mol. The van der Waals surface area contributed by atoms with Crippen LogP contribution >= 0.6 is 0 Å². The van der Waals surface area contributed by atoms with E-state index >= 15 is 0 Å². The molecule has 8 heteroatoms. The van der Waals surface area contributed by atoms with Crippen molar-refractivity contribution in [2.75, 3.05) is 0 Å². The van der Waals surface area contributed by atoms with Crippen molar-refractivity contribution in [3.05, 3.63) is 0 Å². The Morgan fingerprint density at radius 1 is 1.30 bits per heavy atom. The number of carboxylic acids is 1. The van der Waals surface area contributed by atoms with Crippen LogP contribution < -0.4 is 16.8 Å². The summed E-state index contributed by atoms with van der Waals surface area (Å²) in [7, 11) is 0. The maximum atomic E-state index is 11.6. The van der Waals surface area contributed by atoms with Crippen molar-refractivity contribution in [3.8, 4) is 0 Å². The number of nitrogens with one attached hydrogen (secondary N) is 1. The zero-order valence-electron chi connectivity index (χ0n) is 13.9. The fourth-order valence-electron chi connectivity index (χ4n) is 3.64. The molecule has 1 amide bonds. The van der Waals surface area contributed by atoms with E-state index in [-0.39, 0.29) is 30.2 Å². The Balaban J connectivity index is 3.23. The minimum Gasteiger partial charge on any atom is -0.481 e. The molecule has 0 saturated heterocycles. The molecule has 0 unspecified atom stereocenters. The average Bonchev–Trinajstić information content (AvgIpc) is 2.74. The normalized spacial score (nSPS) is 28.4. The van der Waals surface area contributed by atoms with Crippen LogP contribution in [0.3, 0.4) is 0 Å². The van der Waals surface area contributed by atoms with Crippen molar-refractivity contribution < 1.29 is 19.8 Å². The highest BCUT2D eigenvalue weighted by atomic mass is 16.4. The molecule has 5 atom stereocenters. The SMILES string of the molecule is CCC(CC)[C@H](NC(C)=O)[C@@H]1[C@H](O)[C@H](C(=O)O)C[C@@H]1N=C(N)N. The van der Waals surface area contributed by atoms with Crippen LogP contribution in [-0.2, 0) is 9.59 Å². The number of nitrogens with two attached hydrogens (primary N) is 2. The first-order chi connectivity index (χ1) is 10.7. The second-order valence-electron chi connectivity index (χ2n) is 6.17. The van der Waals surface area contributed by atoms with E-state index in [1.165, 1.54) is 6.92 Å². The van der Waals surface area contributed by atoms with Crippen molar-refractivity contribution >= 4 is 17.8 Å². The molecule has 7 N–H and O–H groups in total. The van der Waals surface area contributed by atoms with Gasteiger partial charge in [-0.25, -0.2) is 4.99 Å². The quantitative estimate of drug-likeness (QED) is 0.318. The smallest absolute Gasteiger partial charge is 0.309 e.